The molecular weight excluding hydrogens is 236 g/mol. The molecule has 0 aliphatic carbocycles. The Morgan fingerprint density at radius 3 is 2.39 bits per heavy atom. The zero-order valence-electron chi connectivity index (χ0n) is 10.0. The molecule has 1 aromatic rings. The maximum Gasteiger partial charge on any atom is 0.321 e. The van der Waals surface area contributed by atoms with Crippen molar-refractivity contribution in [2.24, 2.45) is 0 Å². The van der Waals surface area contributed by atoms with Crippen molar-refractivity contribution in [2.75, 3.05) is 6.67 Å². The normalized spacial score (nSPS) is 11.8. The van der Waals surface area contributed by atoms with Gasteiger partial charge in [0.2, 0.25) is 5.91 Å². The minimum Gasteiger partial charge on any atom is -0.508 e. The minimum atomic E-state index is -0.992. The number of carbonyl (C=O) groups excluding carboxylic acids is 1. The summed E-state index contributed by atoms with van der Waals surface area (Å²) in [6, 6.07) is 5.53. The van der Waals surface area contributed by atoms with E-state index in [2.05, 4.69) is 10.6 Å². The molecule has 6 heteroatoms. The lowest BCUT2D eigenvalue weighted by atomic mass is 10.1. The Bertz CT molecular complexity index is 417. The fourth-order valence-electron chi connectivity index (χ4n) is 1.41. The second-order valence-electron chi connectivity index (χ2n) is 3.88. The summed E-state index contributed by atoms with van der Waals surface area (Å²) in [5.74, 6) is -1.08. The highest BCUT2D eigenvalue weighted by Gasteiger charge is 2.17. The number of benzene rings is 1. The van der Waals surface area contributed by atoms with Gasteiger partial charge in [-0.05, 0) is 24.1 Å². The number of amides is 1. The minimum absolute atomic E-state index is 0.102. The van der Waals surface area contributed by atoms with Gasteiger partial charge in [-0.1, -0.05) is 12.1 Å². The molecule has 98 valence electrons. The van der Waals surface area contributed by atoms with Crippen LogP contribution < -0.4 is 10.6 Å². The number of carboxylic acids is 1. The number of phenolic OH excluding ortho intramolecular Hbond substituents is 1. The van der Waals surface area contributed by atoms with Crippen LogP contribution in [0.15, 0.2) is 24.3 Å². The Balaban J connectivity index is 2.54. The molecule has 0 aliphatic heterocycles. The number of phenols is 1. The van der Waals surface area contributed by atoms with Gasteiger partial charge in [0.15, 0.2) is 0 Å². The topological polar surface area (TPSA) is 98.7 Å². The molecule has 1 aromatic carbocycles. The number of carbonyl (C=O) groups is 2. The van der Waals surface area contributed by atoms with Crippen LogP contribution in [-0.2, 0) is 16.0 Å². The molecule has 4 N–H and O–H groups in total. The first-order valence-corrected chi connectivity index (χ1v) is 5.47. The van der Waals surface area contributed by atoms with E-state index in [4.69, 9.17) is 10.2 Å². The van der Waals surface area contributed by atoms with E-state index in [1.165, 1.54) is 19.1 Å². The smallest absolute Gasteiger partial charge is 0.321 e. The van der Waals surface area contributed by atoms with Gasteiger partial charge in [-0.25, -0.2) is 0 Å². The van der Waals surface area contributed by atoms with Crippen molar-refractivity contribution in [2.45, 2.75) is 19.4 Å². The zero-order chi connectivity index (χ0) is 13.5. The Morgan fingerprint density at radius 1 is 1.28 bits per heavy atom. The Hall–Kier alpha value is -2.08. The third-order valence-electron chi connectivity index (χ3n) is 2.36. The fraction of sp³-hybridized carbons (Fsp3) is 0.333. The second kappa shape index (κ2) is 6.61. The van der Waals surface area contributed by atoms with Crippen molar-refractivity contribution in [3.05, 3.63) is 29.8 Å². The van der Waals surface area contributed by atoms with Crippen LogP contribution in [0.5, 0.6) is 5.75 Å². The molecule has 1 rings (SSSR count). The van der Waals surface area contributed by atoms with Crippen LogP contribution in [0.25, 0.3) is 0 Å². The van der Waals surface area contributed by atoms with Crippen molar-refractivity contribution >= 4 is 11.9 Å². The van der Waals surface area contributed by atoms with Crippen LogP contribution in [0.3, 0.4) is 0 Å². The summed E-state index contributed by atoms with van der Waals surface area (Å²) < 4.78 is 0. The highest BCUT2D eigenvalue weighted by Crippen LogP contribution is 2.11. The van der Waals surface area contributed by atoms with Crippen LogP contribution in [0, 0.1) is 0 Å². The second-order valence-corrected chi connectivity index (χ2v) is 3.88. The van der Waals surface area contributed by atoms with Crippen LogP contribution >= 0.6 is 0 Å². The van der Waals surface area contributed by atoms with Crippen molar-refractivity contribution in [3.63, 3.8) is 0 Å². The van der Waals surface area contributed by atoms with Gasteiger partial charge in [0, 0.05) is 6.92 Å². The molecule has 0 radical (unpaired) electrons. The summed E-state index contributed by atoms with van der Waals surface area (Å²) >= 11 is 0. The number of hydrogen-bond donors (Lipinski definition) is 4. The third-order valence-corrected chi connectivity index (χ3v) is 2.36. The number of aromatic hydroxyl groups is 1. The Morgan fingerprint density at radius 2 is 1.89 bits per heavy atom. The molecule has 0 bridgehead atoms. The number of aliphatic carboxylic acids is 1. The van der Waals surface area contributed by atoms with Gasteiger partial charge in [-0.2, -0.15) is 0 Å². The van der Waals surface area contributed by atoms with E-state index in [1.54, 1.807) is 12.1 Å². The van der Waals surface area contributed by atoms with E-state index in [0.29, 0.717) is 0 Å². The van der Waals surface area contributed by atoms with Crippen molar-refractivity contribution < 1.29 is 19.8 Å². The molecule has 0 fully saturated rings. The first-order valence-electron chi connectivity index (χ1n) is 5.47. The van der Waals surface area contributed by atoms with Gasteiger partial charge in [-0.3, -0.25) is 14.9 Å². The van der Waals surface area contributed by atoms with Gasteiger partial charge in [0.25, 0.3) is 0 Å². The summed E-state index contributed by atoms with van der Waals surface area (Å²) in [7, 11) is 0. The average molecular weight is 252 g/mol. The molecule has 0 aromatic heterocycles. The summed E-state index contributed by atoms with van der Waals surface area (Å²) in [5, 5.41) is 23.3. The van der Waals surface area contributed by atoms with E-state index >= 15 is 0 Å². The summed E-state index contributed by atoms with van der Waals surface area (Å²) in [4.78, 5) is 21.7. The molecule has 0 spiro atoms. The predicted octanol–water partition coefficient (Wildman–Crippen LogP) is 0.0711. The lowest BCUT2D eigenvalue weighted by Crippen LogP contribution is -2.44. The molecule has 0 saturated heterocycles. The molecule has 0 heterocycles. The van der Waals surface area contributed by atoms with Gasteiger partial charge in [-0.15, -0.1) is 0 Å². The van der Waals surface area contributed by atoms with E-state index in [0.717, 1.165) is 5.56 Å². The molecule has 0 unspecified atom stereocenters. The number of rotatable bonds is 6. The highest BCUT2D eigenvalue weighted by molar-refractivity contribution is 5.74. The molecule has 18 heavy (non-hydrogen) atoms. The number of hydrogen-bond acceptors (Lipinski definition) is 4. The maximum absolute atomic E-state index is 11.0. The predicted molar refractivity (Wildman–Crippen MR) is 65.1 cm³/mol. The average Bonchev–Trinajstić information content (AvgIpc) is 2.30. The number of carboxylic acid groups (broad SMARTS) is 1. The SMILES string of the molecule is CC(=O)NCN[C@H](Cc1ccc(O)cc1)C(=O)O. The number of nitrogens with one attached hydrogen (secondary N) is 2. The highest BCUT2D eigenvalue weighted by atomic mass is 16.4. The monoisotopic (exact) mass is 252 g/mol. The molecule has 0 saturated carbocycles. The van der Waals surface area contributed by atoms with Crippen LogP contribution in [0.1, 0.15) is 12.5 Å². The lowest BCUT2D eigenvalue weighted by Gasteiger charge is -2.14. The van der Waals surface area contributed by atoms with Crippen LogP contribution in [-0.4, -0.2) is 34.8 Å². The van der Waals surface area contributed by atoms with Crippen molar-refractivity contribution in [1.82, 2.24) is 10.6 Å². The van der Waals surface area contributed by atoms with E-state index in [1.807, 2.05) is 0 Å². The molecule has 1 amide bonds. The molecular formula is C12H16N2O4. The molecule has 0 aliphatic rings. The van der Waals surface area contributed by atoms with E-state index < -0.39 is 12.0 Å². The summed E-state index contributed by atoms with van der Waals surface area (Å²) in [5.41, 5.74) is 0.788. The van der Waals surface area contributed by atoms with Crippen LogP contribution in [0.2, 0.25) is 0 Å². The van der Waals surface area contributed by atoms with E-state index in [-0.39, 0.29) is 24.7 Å². The van der Waals surface area contributed by atoms with Crippen LogP contribution in [0.4, 0.5) is 0 Å². The Labute approximate surface area is 105 Å². The largest absolute Gasteiger partial charge is 0.508 e. The lowest BCUT2D eigenvalue weighted by molar-refractivity contribution is -0.139. The quantitative estimate of drug-likeness (QED) is 0.537. The van der Waals surface area contributed by atoms with Gasteiger partial charge in [0.1, 0.15) is 11.8 Å². The zero-order valence-corrected chi connectivity index (χ0v) is 10.0. The first kappa shape index (κ1) is 14.0. The Kier molecular flexibility index (Phi) is 5.13. The third kappa shape index (κ3) is 4.84. The summed E-state index contributed by atoms with van der Waals surface area (Å²) in [6.07, 6.45) is 0.273. The summed E-state index contributed by atoms with van der Waals surface area (Å²) in [6.45, 7) is 1.46. The maximum atomic E-state index is 11.0. The van der Waals surface area contributed by atoms with Gasteiger partial charge < -0.3 is 15.5 Å². The van der Waals surface area contributed by atoms with Gasteiger partial charge >= 0.3 is 5.97 Å². The first-order chi connectivity index (χ1) is 8.49. The molecule has 1 atom stereocenters. The van der Waals surface area contributed by atoms with Crippen molar-refractivity contribution in [1.29, 1.82) is 0 Å². The fourth-order valence-corrected chi connectivity index (χ4v) is 1.41. The van der Waals surface area contributed by atoms with Gasteiger partial charge in [0.05, 0.1) is 6.67 Å². The molecule has 6 nitrogen and oxygen atoms in total. The standard InChI is InChI=1S/C12H16N2O4/c1-8(15)13-7-14-11(12(17)18)6-9-2-4-10(16)5-3-9/h2-5,11,14,16H,6-7H2,1H3,(H,13,15)(H,17,18)/t11-/m1/s1. The van der Waals surface area contributed by atoms with Crippen molar-refractivity contribution in [3.8, 4) is 5.75 Å². The van der Waals surface area contributed by atoms with E-state index in [9.17, 15) is 9.59 Å².